The van der Waals surface area contributed by atoms with Crippen molar-refractivity contribution in [3.05, 3.63) is 90.5 Å². The maximum absolute atomic E-state index is 14.0. The molecule has 1 saturated carbocycles. The lowest BCUT2D eigenvalue weighted by Gasteiger charge is -2.32. The standard InChI is InChI=1S/C31H37N3O5S/c1-24(31(36)32-26-15-9-10-16-26)33(22-21-25-13-5-3-6-14-25)30(35)23-34(28-19-11-12-20-29(28)39-2)40(37,38)27-17-7-4-8-18-27/h3-8,11-14,17-20,24,26H,9-10,15-16,21-23H2,1-2H3,(H,32,36)/t24-/m0/s1. The Morgan fingerprint density at radius 1 is 0.925 bits per heavy atom. The number of methoxy groups -OCH3 is 1. The Labute approximate surface area is 237 Å². The van der Waals surface area contributed by atoms with Gasteiger partial charge in [-0.1, -0.05) is 73.5 Å². The highest BCUT2D eigenvalue weighted by Crippen LogP contribution is 2.32. The third kappa shape index (κ3) is 7.01. The van der Waals surface area contributed by atoms with Crippen molar-refractivity contribution in [3.63, 3.8) is 0 Å². The first-order valence-electron chi connectivity index (χ1n) is 13.7. The number of amides is 2. The molecule has 0 aliphatic heterocycles. The normalized spacial score (nSPS) is 14.3. The number of carbonyl (C=O) groups excluding carboxylic acids is 2. The Bertz CT molecular complexity index is 1380. The Morgan fingerprint density at radius 2 is 1.52 bits per heavy atom. The second-order valence-corrected chi connectivity index (χ2v) is 11.8. The van der Waals surface area contributed by atoms with Gasteiger partial charge in [0.25, 0.3) is 10.0 Å². The molecular formula is C31H37N3O5S. The molecule has 0 unspecified atom stereocenters. The number of ether oxygens (including phenoxy) is 1. The summed E-state index contributed by atoms with van der Waals surface area (Å²) in [6, 6.07) is 23.7. The Balaban J connectivity index is 1.66. The van der Waals surface area contributed by atoms with Crippen LogP contribution in [-0.4, -0.2) is 57.4 Å². The van der Waals surface area contributed by atoms with Crippen molar-refractivity contribution in [2.24, 2.45) is 0 Å². The molecule has 1 aliphatic rings. The maximum Gasteiger partial charge on any atom is 0.264 e. The minimum absolute atomic E-state index is 0.0524. The van der Waals surface area contributed by atoms with Crippen LogP contribution in [0.15, 0.2) is 89.8 Å². The Morgan fingerprint density at radius 3 is 2.17 bits per heavy atom. The van der Waals surface area contributed by atoms with Crippen molar-refractivity contribution in [3.8, 4) is 5.75 Å². The van der Waals surface area contributed by atoms with Crippen LogP contribution in [0.4, 0.5) is 5.69 Å². The first-order valence-corrected chi connectivity index (χ1v) is 15.1. The predicted octanol–water partition coefficient (Wildman–Crippen LogP) is 4.41. The van der Waals surface area contributed by atoms with Crippen molar-refractivity contribution in [2.75, 3.05) is 24.5 Å². The minimum atomic E-state index is -4.14. The molecule has 1 atom stereocenters. The van der Waals surface area contributed by atoms with Gasteiger partial charge in [-0.05, 0) is 56.0 Å². The van der Waals surface area contributed by atoms with Gasteiger partial charge in [0.05, 0.1) is 17.7 Å². The lowest BCUT2D eigenvalue weighted by molar-refractivity contribution is -0.139. The molecule has 212 valence electrons. The molecule has 4 rings (SSSR count). The highest BCUT2D eigenvalue weighted by Gasteiger charge is 2.34. The Kier molecular flexibility index (Phi) is 9.82. The average molecular weight is 564 g/mol. The molecule has 2 amide bonds. The number of rotatable bonds is 12. The van der Waals surface area contributed by atoms with Crippen LogP contribution in [-0.2, 0) is 26.0 Å². The van der Waals surface area contributed by atoms with Gasteiger partial charge in [0.1, 0.15) is 18.3 Å². The summed E-state index contributed by atoms with van der Waals surface area (Å²) in [5, 5.41) is 3.09. The van der Waals surface area contributed by atoms with E-state index in [1.54, 1.807) is 49.4 Å². The first kappa shape index (κ1) is 29.1. The van der Waals surface area contributed by atoms with Gasteiger partial charge in [-0.3, -0.25) is 13.9 Å². The van der Waals surface area contributed by atoms with Crippen LogP contribution in [0.5, 0.6) is 5.75 Å². The summed E-state index contributed by atoms with van der Waals surface area (Å²) in [6.45, 7) is 1.47. The highest BCUT2D eigenvalue weighted by molar-refractivity contribution is 7.92. The van der Waals surface area contributed by atoms with Gasteiger partial charge >= 0.3 is 0 Å². The van der Waals surface area contributed by atoms with E-state index < -0.39 is 28.5 Å². The van der Waals surface area contributed by atoms with E-state index >= 15 is 0 Å². The predicted molar refractivity (Wildman–Crippen MR) is 156 cm³/mol. The number of carbonyl (C=O) groups is 2. The summed E-state index contributed by atoms with van der Waals surface area (Å²) in [6.07, 6.45) is 4.51. The van der Waals surface area contributed by atoms with Gasteiger partial charge in [0, 0.05) is 12.6 Å². The average Bonchev–Trinajstić information content (AvgIpc) is 3.50. The van der Waals surface area contributed by atoms with Crippen LogP contribution in [0, 0.1) is 0 Å². The van der Waals surface area contributed by atoms with E-state index in [2.05, 4.69) is 5.32 Å². The van der Waals surface area contributed by atoms with Gasteiger partial charge in [0.15, 0.2) is 0 Å². The molecule has 0 spiro atoms. The van der Waals surface area contributed by atoms with E-state index in [4.69, 9.17) is 4.74 Å². The molecule has 0 heterocycles. The topological polar surface area (TPSA) is 96.0 Å². The number of hydrogen-bond acceptors (Lipinski definition) is 5. The second-order valence-electron chi connectivity index (χ2n) is 9.99. The van der Waals surface area contributed by atoms with E-state index in [0.29, 0.717) is 12.2 Å². The van der Waals surface area contributed by atoms with Crippen LogP contribution in [0.3, 0.4) is 0 Å². The number of hydrogen-bond donors (Lipinski definition) is 1. The molecule has 1 N–H and O–H groups in total. The van der Waals surface area contributed by atoms with E-state index in [9.17, 15) is 18.0 Å². The number of para-hydroxylation sites is 2. The fraction of sp³-hybridized carbons (Fsp3) is 0.355. The summed E-state index contributed by atoms with van der Waals surface area (Å²) in [7, 11) is -2.69. The number of sulfonamides is 1. The first-order chi connectivity index (χ1) is 19.3. The lowest BCUT2D eigenvalue weighted by atomic mass is 10.1. The van der Waals surface area contributed by atoms with Crippen LogP contribution < -0.4 is 14.4 Å². The molecule has 0 saturated heterocycles. The summed E-state index contributed by atoms with van der Waals surface area (Å²) in [5.74, 6) is -0.392. The van der Waals surface area contributed by atoms with Gasteiger partial charge < -0.3 is 15.0 Å². The van der Waals surface area contributed by atoms with Crippen molar-refractivity contribution in [1.82, 2.24) is 10.2 Å². The minimum Gasteiger partial charge on any atom is -0.495 e. The number of nitrogens with one attached hydrogen (secondary N) is 1. The monoisotopic (exact) mass is 563 g/mol. The summed E-state index contributed by atoms with van der Waals surface area (Å²) in [5.41, 5.74) is 1.26. The number of benzene rings is 3. The van der Waals surface area contributed by atoms with Crippen molar-refractivity contribution < 1.29 is 22.7 Å². The number of anilines is 1. The molecule has 40 heavy (non-hydrogen) atoms. The molecule has 3 aromatic rings. The lowest BCUT2D eigenvalue weighted by Crippen LogP contribution is -2.53. The third-order valence-electron chi connectivity index (χ3n) is 7.32. The molecule has 0 radical (unpaired) electrons. The molecule has 1 fully saturated rings. The molecule has 8 nitrogen and oxygen atoms in total. The highest BCUT2D eigenvalue weighted by atomic mass is 32.2. The molecule has 0 aromatic heterocycles. The van der Waals surface area contributed by atoms with Crippen LogP contribution in [0.2, 0.25) is 0 Å². The zero-order chi connectivity index (χ0) is 28.5. The SMILES string of the molecule is COc1ccccc1N(CC(=O)N(CCc1ccccc1)[C@@H](C)C(=O)NC1CCCC1)S(=O)(=O)c1ccccc1. The quantitative estimate of drug-likeness (QED) is 0.352. The fourth-order valence-corrected chi connectivity index (χ4v) is 6.48. The summed E-state index contributed by atoms with van der Waals surface area (Å²) >= 11 is 0. The smallest absolute Gasteiger partial charge is 0.264 e. The zero-order valence-corrected chi connectivity index (χ0v) is 23.8. The molecule has 9 heteroatoms. The van der Waals surface area contributed by atoms with Crippen molar-refractivity contribution in [2.45, 2.75) is 56.0 Å². The van der Waals surface area contributed by atoms with Crippen LogP contribution in [0.25, 0.3) is 0 Å². The molecular weight excluding hydrogens is 526 g/mol. The number of nitrogens with zero attached hydrogens (tertiary/aromatic N) is 2. The molecule has 3 aromatic carbocycles. The van der Waals surface area contributed by atoms with Crippen LogP contribution >= 0.6 is 0 Å². The zero-order valence-electron chi connectivity index (χ0n) is 23.0. The van der Waals surface area contributed by atoms with Crippen molar-refractivity contribution in [1.29, 1.82) is 0 Å². The van der Waals surface area contributed by atoms with E-state index in [1.165, 1.54) is 24.1 Å². The van der Waals surface area contributed by atoms with Gasteiger partial charge in [-0.25, -0.2) is 8.42 Å². The van der Waals surface area contributed by atoms with Crippen molar-refractivity contribution >= 4 is 27.5 Å². The summed E-state index contributed by atoms with van der Waals surface area (Å²) in [4.78, 5) is 28.8. The third-order valence-corrected chi connectivity index (χ3v) is 9.09. The van der Waals surface area contributed by atoms with E-state index in [1.807, 2.05) is 30.3 Å². The fourth-order valence-electron chi connectivity index (χ4n) is 5.03. The Hall–Kier alpha value is -3.85. The van der Waals surface area contributed by atoms with Crippen LogP contribution in [0.1, 0.15) is 38.2 Å². The second kappa shape index (κ2) is 13.5. The summed E-state index contributed by atoms with van der Waals surface area (Å²) < 4.78 is 34.3. The largest absolute Gasteiger partial charge is 0.495 e. The van der Waals surface area contributed by atoms with Gasteiger partial charge in [-0.2, -0.15) is 0 Å². The van der Waals surface area contributed by atoms with E-state index in [-0.39, 0.29) is 29.1 Å². The van der Waals surface area contributed by atoms with Gasteiger partial charge in [0.2, 0.25) is 11.8 Å². The molecule has 1 aliphatic carbocycles. The van der Waals surface area contributed by atoms with E-state index in [0.717, 1.165) is 35.6 Å². The maximum atomic E-state index is 14.0. The van der Waals surface area contributed by atoms with Gasteiger partial charge in [-0.15, -0.1) is 0 Å². The molecule has 0 bridgehead atoms.